The monoisotopic (exact) mass is 268 g/mol. The van der Waals surface area contributed by atoms with Crippen molar-refractivity contribution in [3.05, 3.63) is 0 Å². The van der Waals surface area contributed by atoms with Gasteiger partial charge in [0.25, 0.3) is 0 Å². The SMILES string of the molecule is CCCCC(CC)CC1(CC)C(=O)NC(=O)NC1=O. The van der Waals surface area contributed by atoms with Crippen molar-refractivity contribution in [2.75, 3.05) is 0 Å². The van der Waals surface area contributed by atoms with E-state index in [9.17, 15) is 14.4 Å². The number of imide groups is 2. The van der Waals surface area contributed by atoms with Gasteiger partial charge >= 0.3 is 6.03 Å². The van der Waals surface area contributed by atoms with Gasteiger partial charge in [0, 0.05) is 0 Å². The molecule has 5 heteroatoms. The fourth-order valence-electron chi connectivity index (χ4n) is 2.67. The minimum atomic E-state index is -1.08. The van der Waals surface area contributed by atoms with E-state index in [0.717, 1.165) is 25.7 Å². The lowest BCUT2D eigenvalue weighted by molar-refractivity contribution is -0.146. The largest absolute Gasteiger partial charge is 0.328 e. The number of hydrogen-bond acceptors (Lipinski definition) is 3. The molecule has 0 aromatic heterocycles. The molecular formula is C14H24N2O3. The van der Waals surface area contributed by atoms with Crippen LogP contribution in [0.25, 0.3) is 0 Å². The predicted molar refractivity (Wildman–Crippen MR) is 72.3 cm³/mol. The molecule has 1 aliphatic rings. The summed E-state index contributed by atoms with van der Waals surface area (Å²) in [4.78, 5) is 35.4. The smallest absolute Gasteiger partial charge is 0.277 e. The molecule has 19 heavy (non-hydrogen) atoms. The highest BCUT2D eigenvalue weighted by Gasteiger charge is 2.49. The Balaban J connectivity index is 2.86. The lowest BCUT2D eigenvalue weighted by atomic mass is 9.73. The molecule has 1 unspecified atom stereocenters. The Morgan fingerprint density at radius 1 is 1.05 bits per heavy atom. The van der Waals surface area contributed by atoms with Crippen LogP contribution in [0, 0.1) is 11.3 Å². The molecule has 4 amide bonds. The summed E-state index contributed by atoms with van der Waals surface area (Å²) in [5, 5.41) is 4.45. The molecule has 1 atom stereocenters. The zero-order valence-corrected chi connectivity index (χ0v) is 12.0. The van der Waals surface area contributed by atoms with E-state index in [0.29, 0.717) is 18.8 Å². The van der Waals surface area contributed by atoms with E-state index in [2.05, 4.69) is 24.5 Å². The molecule has 5 nitrogen and oxygen atoms in total. The minimum absolute atomic E-state index is 0.338. The molecule has 1 fully saturated rings. The van der Waals surface area contributed by atoms with Crippen LogP contribution >= 0.6 is 0 Å². The number of barbiturate groups is 1. The number of amides is 4. The van der Waals surface area contributed by atoms with Gasteiger partial charge in [-0.25, -0.2) is 4.79 Å². The van der Waals surface area contributed by atoms with Crippen LogP contribution in [0.15, 0.2) is 0 Å². The van der Waals surface area contributed by atoms with Crippen LogP contribution in [0.1, 0.15) is 59.3 Å². The summed E-state index contributed by atoms with van der Waals surface area (Å²) in [5.74, 6) is -0.554. The quantitative estimate of drug-likeness (QED) is 0.696. The number of hydrogen-bond donors (Lipinski definition) is 2. The first-order valence-corrected chi connectivity index (χ1v) is 7.17. The number of unbranched alkanes of at least 4 members (excludes halogenated alkanes) is 1. The normalized spacial score (nSPS) is 19.8. The van der Waals surface area contributed by atoms with Crippen LogP contribution in [-0.4, -0.2) is 17.8 Å². The van der Waals surface area contributed by atoms with Crippen molar-refractivity contribution in [2.24, 2.45) is 11.3 Å². The molecule has 2 N–H and O–H groups in total. The number of urea groups is 1. The van der Waals surface area contributed by atoms with Crippen LogP contribution < -0.4 is 10.6 Å². The van der Waals surface area contributed by atoms with Crippen molar-refractivity contribution in [3.63, 3.8) is 0 Å². The summed E-state index contributed by atoms with van der Waals surface area (Å²) in [5.41, 5.74) is -1.08. The summed E-state index contributed by atoms with van der Waals surface area (Å²) in [6, 6.07) is -0.708. The number of rotatable bonds is 7. The second-order valence-corrected chi connectivity index (χ2v) is 5.29. The van der Waals surface area contributed by atoms with E-state index >= 15 is 0 Å². The lowest BCUT2D eigenvalue weighted by Gasteiger charge is -2.35. The molecule has 0 aliphatic carbocycles. The minimum Gasteiger partial charge on any atom is -0.277 e. The summed E-state index contributed by atoms with van der Waals surface area (Å²) < 4.78 is 0. The Morgan fingerprint density at radius 2 is 1.63 bits per heavy atom. The van der Waals surface area contributed by atoms with E-state index in [1.165, 1.54) is 0 Å². The zero-order chi connectivity index (χ0) is 14.5. The van der Waals surface area contributed by atoms with Gasteiger partial charge in [0.15, 0.2) is 0 Å². The molecule has 1 saturated heterocycles. The third-order valence-corrected chi connectivity index (χ3v) is 4.11. The van der Waals surface area contributed by atoms with Crippen molar-refractivity contribution < 1.29 is 14.4 Å². The maximum Gasteiger partial charge on any atom is 0.328 e. The van der Waals surface area contributed by atoms with E-state index in [-0.39, 0.29) is 0 Å². The van der Waals surface area contributed by atoms with Crippen molar-refractivity contribution in [1.29, 1.82) is 0 Å². The zero-order valence-electron chi connectivity index (χ0n) is 12.0. The average molecular weight is 268 g/mol. The Labute approximate surface area is 114 Å². The fraction of sp³-hybridized carbons (Fsp3) is 0.786. The van der Waals surface area contributed by atoms with Gasteiger partial charge in [0.1, 0.15) is 5.41 Å². The van der Waals surface area contributed by atoms with Crippen molar-refractivity contribution in [3.8, 4) is 0 Å². The van der Waals surface area contributed by atoms with Crippen molar-refractivity contribution in [1.82, 2.24) is 10.6 Å². The molecule has 1 rings (SSSR count). The van der Waals surface area contributed by atoms with Crippen molar-refractivity contribution in [2.45, 2.75) is 59.3 Å². The lowest BCUT2D eigenvalue weighted by Crippen LogP contribution is -2.62. The molecular weight excluding hydrogens is 244 g/mol. The van der Waals surface area contributed by atoms with Crippen LogP contribution in [0.5, 0.6) is 0 Å². The Bertz CT molecular complexity index is 346. The van der Waals surface area contributed by atoms with Gasteiger partial charge in [-0.15, -0.1) is 0 Å². The molecule has 1 heterocycles. The molecule has 108 valence electrons. The number of carbonyl (C=O) groups is 3. The molecule has 1 aliphatic heterocycles. The molecule has 0 aromatic rings. The third-order valence-electron chi connectivity index (χ3n) is 4.11. The Hall–Kier alpha value is -1.39. The topological polar surface area (TPSA) is 75.3 Å². The average Bonchev–Trinajstić information content (AvgIpc) is 2.37. The molecule has 0 bridgehead atoms. The van der Waals surface area contributed by atoms with E-state index in [4.69, 9.17) is 0 Å². The second-order valence-electron chi connectivity index (χ2n) is 5.29. The summed E-state index contributed by atoms with van der Waals surface area (Å²) in [6.45, 7) is 6.02. The van der Waals surface area contributed by atoms with Gasteiger partial charge in [-0.3, -0.25) is 20.2 Å². The van der Waals surface area contributed by atoms with Crippen LogP contribution in [0.4, 0.5) is 4.79 Å². The van der Waals surface area contributed by atoms with Crippen molar-refractivity contribution >= 4 is 17.8 Å². The highest BCUT2D eigenvalue weighted by Crippen LogP contribution is 2.35. The van der Waals surface area contributed by atoms with Gasteiger partial charge in [0.05, 0.1) is 0 Å². The van der Waals surface area contributed by atoms with E-state index < -0.39 is 23.3 Å². The van der Waals surface area contributed by atoms with Gasteiger partial charge in [0.2, 0.25) is 11.8 Å². The molecule has 0 saturated carbocycles. The third kappa shape index (κ3) is 3.33. The second kappa shape index (κ2) is 6.68. The first-order chi connectivity index (χ1) is 9.00. The summed E-state index contributed by atoms with van der Waals surface area (Å²) >= 11 is 0. The van der Waals surface area contributed by atoms with Gasteiger partial charge < -0.3 is 0 Å². The fourth-order valence-corrected chi connectivity index (χ4v) is 2.67. The molecule has 0 radical (unpaired) electrons. The van der Waals surface area contributed by atoms with Gasteiger partial charge in [-0.1, -0.05) is 46.5 Å². The predicted octanol–water partition coefficient (Wildman–Crippen LogP) is 2.36. The standard InChI is InChI=1S/C14H24N2O3/c1-4-7-8-10(5-2)9-14(6-3)11(17)15-13(19)16-12(14)18/h10H,4-9H2,1-3H3,(H2,15,16,17,18,19). The highest BCUT2D eigenvalue weighted by molar-refractivity contribution is 6.19. The Morgan fingerprint density at radius 3 is 2.05 bits per heavy atom. The summed E-state index contributed by atoms with van der Waals surface area (Å²) in [6.07, 6.45) is 5.10. The molecule has 0 aromatic carbocycles. The summed E-state index contributed by atoms with van der Waals surface area (Å²) in [7, 11) is 0. The van der Waals surface area contributed by atoms with E-state index in [1.807, 2.05) is 6.92 Å². The van der Waals surface area contributed by atoms with Crippen LogP contribution in [-0.2, 0) is 9.59 Å². The highest BCUT2D eigenvalue weighted by atomic mass is 16.2. The van der Waals surface area contributed by atoms with Gasteiger partial charge in [-0.2, -0.15) is 0 Å². The number of nitrogens with one attached hydrogen (secondary N) is 2. The van der Waals surface area contributed by atoms with Crippen LogP contribution in [0.2, 0.25) is 0 Å². The maximum atomic E-state index is 12.1. The Kier molecular flexibility index (Phi) is 5.51. The van der Waals surface area contributed by atoms with Gasteiger partial charge in [-0.05, 0) is 18.8 Å². The van der Waals surface area contributed by atoms with Crippen LogP contribution in [0.3, 0.4) is 0 Å². The maximum absolute atomic E-state index is 12.1. The first-order valence-electron chi connectivity index (χ1n) is 7.17. The first kappa shape index (κ1) is 15.7. The number of carbonyl (C=O) groups excluding carboxylic acids is 3. The molecule has 0 spiro atoms. The van der Waals surface area contributed by atoms with E-state index in [1.54, 1.807) is 0 Å².